The molecule has 0 aliphatic carbocycles. The Labute approximate surface area is 222 Å². The van der Waals surface area contributed by atoms with Crippen molar-refractivity contribution >= 4 is 41.0 Å². The van der Waals surface area contributed by atoms with Gasteiger partial charge in [-0.1, -0.05) is 47.2 Å². The number of benzene rings is 2. The van der Waals surface area contributed by atoms with E-state index in [0.29, 0.717) is 49.3 Å². The molecular formula is C27H25ClN2O6S. The van der Waals surface area contributed by atoms with E-state index in [0.717, 1.165) is 0 Å². The summed E-state index contributed by atoms with van der Waals surface area (Å²) >= 11 is 7.73. The SMILES string of the molecule is CCOC(=O)C1=C(C)N=c2s/c(=C\c3ccc(OC(C)=O)c(OCC)c3)c(=O)n2[C@@H]1c1ccccc1Cl. The van der Waals surface area contributed by atoms with Gasteiger partial charge < -0.3 is 14.2 Å². The zero-order valence-corrected chi connectivity index (χ0v) is 22.3. The Bertz CT molecular complexity index is 1590. The Morgan fingerprint density at radius 1 is 1.14 bits per heavy atom. The van der Waals surface area contributed by atoms with Crippen LogP contribution in [-0.4, -0.2) is 29.7 Å². The average Bonchev–Trinajstić information content (AvgIpc) is 3.14. The molecular weight excluding hydrogens is 516 g/mol. The number of allylic oxidation sites excluding steroid dienone is 1. The van der Waals surface area contributed by atoms with E-state index in [1.807, 2.05) is 6.92 Å². The quantitative estimate of drug-likeness (QED) is 0.334. The summed E-state index contributed by atoms with van der Waals surface area (Å²) in [5, 5.41) is 0.418. The molecule has 1 aliphatic rings. The van der Waals surface area contributed by atoms with Crippen molar-refractivity contribution in [3.63, 3.8) is 0 Å². The van der Waals surface area contributed by atoms with E-state index in [2.05, 4.69) is 4.99 Å². The highest BCUT2D eigenvalue weighted by Crippen LogP contribution is 2.34. The number of esters is 2. The van der Waals surface area contributed by atoms with Crippen molar-refractivity contribution in [2.24, 2.45) is 4.99 Å². The van der Waals surface area contributed by atoms with Gasteiger partial charge in [0.05, 0.1) is 29.0 Å². The molecule has 0 saturated carbocycles. The van der Waals surface area contributed by atoms with Crippen molar-refractivity contribution in [3.05, 3.63) is 89.6 Å². The molecule has 0 spiro atoms. The largest absolute Gasteiger partial charge is 0.490 e. The van der Waals surface area contributed by atoms with Gasteiger partial charge in [-0.05, 0) is 56.2 Å². The Balaban J connectivity index is 1.90. The van der Waals surface area contributed by atoms with Gasteiger partial charge in [0.1, 0.15) is 6.04 Å². The number of hydrogen-bond donors (Lipinski definition) is 0. The maximum atomic E-state index is 13.7. The van der Waals surface area contributed by atoms with Gasteiger partial charge in [-0.15, -0.1) is 0 Å². The molecule has 2 heterocycles. The number of fused-ring (bicyclic) bond motifs is 1. The zero-order valence-electron chi connectivity index (χ0n) is 20.7. The Morgan fingerprint density at radius 3 is 2.57 bits per heavy atom. The van der Waals surface area contributed by atoms with Gasteiger partial charge >= 0.3 is 11.9 Å². The second-order valence-electron chi connectivity index (χ2n) is 8.06. The standard InChI is InChI=1S/C27H25ClN2O6S/c1-5-34-21-13-17(11-12-20(21)36-16(4)31)14-22-25(32)30-24(18-9-7-8-10-19(18)28)23(26(33)35-6-2)15(3)29-27(30)37-22/h7-14,24H,5-6H2,1-4H3/b22-14-/t24-/m1/s1. The van der Waals surface area contributed by atoms with E-state index in [-0.39, 0.29) is 17.7 Å². The van der Waals surface area contributed by atoms with E-state index in [4.69, 9.17) is 25.8 Å². The number of rotatable bonds is 7. The third kappa shape index (κ3) is 5.38. The molecule has 1 aliphatic heterocycles. The molecule has 8 nitrogen and oxygen atoms in total. The summed E-state index contributed by atoms with van der Waals surface area (Å²) in [6.45, 7) is 7.12. The smallest absolute Gasteiger partial charge is 0.338 e. The lowest BCUT2D eigenvalue weighted by molar-refractivity contribution is -0.139. The summed E-state index contributed by atoms with van der Waals surface area (Å²) in [6.07, 6.45) is 1.71. The first-order chi connectivity index (χ1) is 17.7. The summed E-state index contributed by atoms with van der Waals surface area (Å²) in [7, 11) is 0. The lowest BCUT2D eigenvalue weighted by atomic mass is 9.96. The minimum atomic E-state index is -0.795. The van der Waals surface area contributed by atoms with Crippen LogP contribution in [0.4, 0.5) is 0 Å². The number of carbonyl (C=O) groups excluding carboxylic acids is 2. The molecule has 37 heavy (non-hydrogen) atoms. The van der Waals surface area contributed by atoms with E-state index in [9.17, 15) is 14.4 Å². The summed E-state index contributed by atoms with van der Waals surface area (Å²) in [5.41, 5.74) is 1.66. The van der Waals surface area contributed by atoms with Gasteiger partial charge in [-0.3, -0.25) is 14.2 Å². The first-order valence-corrected chi connectivity index (χ1v) is 12.8. The molecule has 1 atom stereocenters. The first kappa shape index (κ1) is 26.4. The third-order valence-corrected chi connectivity index (χ3v) is 6.86. The number of ether oxygens (including phenoxy) is 3. The number of halogens is 1. The predicted molar refractivity (Wildman–Crippen MR) is 141 cm³/mol. The van der Waals surface area contributed by atoms with Gasteiger partial charge in [-0.2, -0.15) is 0 Å². The van der Waals surface area contributed by atoms with E-state index >= 15 is 0 Å². The van der Waals surface area contributed by atoms with Crippen molar-refractivity contribution in [1.29, 1.82) is 0 Å². The number of carbonyl (C=O) groups is 2. The van der Waals surface area contributed by atoms with Crippen LogP contribution in [0.25, 0.3) is 6.08 Å². The van der Waals surface area contributed by atoms with Crippen LogP contribution < -0.4 is 24.4 Å². The molecule has 0 saturated heterocycles. The summed E-state index contributed by atoms with van der Waals surface area (Å²) in [6, 6.07) is 11.3. The number of thiazole rings is 1. The summed E-state index contributed by atoms with van der Waals surface area (Å²) < 4.78 is 18.0. The molecule has 0 fully saturated rings. The van der Waals surface area contributed by atoms with Crippen molar-refractivity contribution in [1.82, 2.24) is 4.57 Å². The van der Waals surface area contributed by atoms with E-state index in [1.54, 1.807) is 62.4 Å². The first-order valence-electron chi connectivity index (χ1n) is 11.6. The number of aromatic nitrogens is 1. The van der Waals surface area contributed by atoms with Crippen molar-refractivity contribution < 1.29 is 23.8 Å². The minimum absolute atomic E-state index is 0.181. The van der Waals surface area contributed by atoms with Gasteiger partial charge in [-0.25, -0.2) is 9.79 Å². The van der Waals surface area contributed by atoms with Crippen LogP contribution in [0, 0.1) is 0 Å². The van der Waals surface area contributed by atoms with Gasteiger partial charge in [0.2, 0.25) is 0 Å². The fourth-order valence-electron chi connectivity index (χ4n) is 4.06. The van der Waals surface area contributed by atoms with Crippen LogP contribution in [0.1, 0.15) is 44.9 Å². The van der Waals surface area contributed by atoms with Crippen LogP contribution in [0.5, 0.6) is 11.5 Å². The van der Waals surface area contributed by atoms with Crippen LogP contribution >= 0.6 is 22.9 Å². The van der Waals surface area contributed by atoms with Crippen LogP contribution in [0.3, 0.4) is 0 Å². The number of nitrogens with zero attached hydrogens (tertiary/aromatic N) is 2. The minimum Gasteiger partial charge on any atom is -0.490 e. The van der Waals surface area contributed by atoms with Crippen molar-refractivity contribution in [2.75, 3.05) is 13.2 Å². The van der Waals surface area contributed by atoms with E-state index in [1.165, 1.54) is 22.8 Å². The van der Waals surface area contributed by atoms with Gasteiger partial charge in [0, 0.05) is 11.9 Å². The van der Waals surface area contributed by atoms with Crippen LogP contribution in [0.15, 0.2) is 63.5 Å². The van der Waals surface area contributed by atoms with Crippen LogP contribution in [0.2, 0.25) is 5.02 Å². The zero-order chi connectivity index (χ0) is 26.7. The summed E-state index contributed by atoms with van der Waals surface area (Å²) in [4.78, 5) is 43.1. The molecule has 0 amide bonds. The van der Waals surface area contributed by atoms with Gasteiger partial charge in [0.25, 0.3) is 5.56 Å². The predicted octanol–water partition coefficient (Wildman–Crippen LogP) is 3.78. The average molecular weight is 541 g/mol. The molecule has 2 aromatic carbocycles. The Hall–Kier alpha value is -3.69. The highest BCUT2D eigenvalue weighted by Gasteiger charge is 2.34. The topological polar surface area (TPSA) is 96.2 Å². The Morgan fingerprint density at radius 2 is 1.89 bits per heavy atom. The fraction of sp³-hybridized carbons (Fsp3) is 0.259. The molecule has 4 rings (SSSR count). The molecule has 0 bridgehead atoms. The lowest BCUT2D eigenvalue weighted by Gasteiger charge is -2.25. The molecule has 1 aromatic heterocycles. The third-order valence-electron chi connectivity index (χ3n) is 5.54. The molecule has 0 unspecified atom stereocenters. The lowest BCUT2D eigenvalue weighted by Crippen LogP contribution is -2.40. The Kier molecular flexibility index (Phi) is 7.94. The fourth-order valence-corrected chi connectivity index (χ4v) is 5.34. The maximum absolute atomic E-state index is 13.7. The maximum Gasteiger partial charge on any atom is 0.338 e. The van der Waals surface area contributed by atoms with Crippen molar-refractivity contribution in [3.8, 4) is 11.5 Å². The normalized spacial score (nSPS) is 15.2. The molecule has 10 heteroatoms. The van der Waals surface area contributed by atoms with Crippen LogP contribution in [-0.2, 0) is 14.3 Å². The highest BCUT2D eigenvalue weighted by atomic mass is 35.5. The van der Waals surface area contributed by atoms with E-state index < -0.39 is 18.0 Å². The summed E-state index contributed by atoms with van der Waals surface area (Å²) in [5.74, 6) is -0.338. The van der Waals surface area contributed by atoms with Crippen molar-refractivity contribution in [2.45, 2.75) is 33.7 Å². The monoisotopic (exact) mass is 540 g/mol. The molecule has 192 valence electrons. The molecule has 0 radical (unpaired) electrons. The highest BCUT2D eigenvalue weighted by molar-refractivity contribution is 7.07. The second-order valence-corrected chi connectivity index (χ2v) is 9.47. The number of hydrogen-bond acceptors (Lipinski definition) is 8. The van der Waals surface area contributed by atoms with Gasteiger partial charge in [0.15, 0.2) is 16.3 Å². The second kappa shape index (κ2) is 11.1. The molecule has 3 aromatic rings. The molecule has 0 N–H and O–H groups in total.